The van der Waals surface area contributed by atoms with Crippen LogP contribution in [0.15, 0.2) is 59.7 Å². The Balaban J connectivity index is 1.69. The number of rotatable bonds is 5. The fourth-order valence-electron chi connectivity index (χ4n) is 2.29. The zero-order valence-corrected chi connectivity index (χ0v) is 14.1. The Kier molecular flexibility index (Phi) is 5.02. The van der Waals surface area contributed by atoms with Gasteiger partial charge in [-0.05, 0) is 55.0 Å². The van der Waals surface area contributed by atoms with Crippen molar-refractivity contribution in [3.05, 3.63) is 81.8 Å². The Morgan fingerprint density at radius 3 is 2.48 bits per heavy atom. The second kappa shape index (κ2) is 7.56. The second-order valence-electron chi connectivity index (χ2n) is 5.62. The van der Waals surface area contributed by atoms with E-state index in [4.69, 9.17) is 0 Å². The fourth-order valence-corrected chi connectivity index (χ4v) is 2.29. The fraction of sp³-hybridized carbons (Fsp3) is 0.0556. The van der Waals surface area contributed by atoms with Crippen molar-refractivity contribution in [3.8, 4) is 11.3 Å². The van der Waals surface area contributed by atoms with Crippen LogP contribution < -0.4 is 5.43 Å². The summed E-state index contributed by atoms with van der Waals surface area (Å²) in [5, 5.41) is 21.3. The molecule has 1 aromatic heterocycles. The summed E-state index contributed by atoms with van der Waals surface area (Å²) in [7, 11) is 0. The van der Waals surface area contributed by atoms with Gasteiger partial charge in [0.25, 0.3) is 11.6 Å². The summed E-state index contributed by atoms with van der Waals surface area (Å²) in [5.74, 6) is -0.861. The molecule has 0 saturated carbocycles. The van der Waals surface area contributed by atoms with E-state index in [1.807, 2.05) is 0 Å². The third-order valence-electron chi connectivity index (χ3n) is 3.78. The Morgan fingerprint density at radius 1 is 1.19 bits per heavy atom. The third-order valence-corrected chi connectivity index (χ3v) is 3.78. The van der Waals surface area contributed by atoms with Crippen molar-refractivity contribution >= 4 is 17.3 Å². The maximum Gasteiger partial charge on any atom is 0.289 e. The number of nitro benzene ring substituents is 1. The molecule has 136 valence electrons. The van der Waals surface area contributed by atoms with E-state index in [0.717, 1.165) is 0 Å². The highest BCUT2D eigenvalue weighted by atomic mass is 19.1. The van der Waals surface area contributed by atoms with Gasteiger partial charge >= 0.3 is 0 Å². The van der Waals surface area contributed by atoms with E-state index in [9.17, 15) is 19.3 Å². The topological polar surface area (TPSA) is 113 Å². The van der Waals surface area contributed by atoms with E-state index < -0.39 is 10.8 Å². The van der Waals surface area contributed by atoms with E-state index in [-0.39, 0.29) is 17.2 Å². The third kappa shape index (κ3) is 4.21. The highest BCUT2D eigenvalue weighted by Gasteiger charge is 2.11. The van der Waals surface area contributed by atoms with Crippen molar-refractivity contribution in [1.29, 1.82) is 0 Å². The number of aromatic amines is 1. The Morgan fingerprint density at radius 2 is 1.85 bits per heavy atom. The lowest BCUT2D eigenvalue weighted by molar-refractivity contribution is -0.384. The average Bonchev–Trinajstić information content (AvgIpc) is 3.16. The molecule has 8 nitrogen and oxygen atoms in total. The van der Waals surface area contributed by atoms with Crippen LogP contribution in [0.3, 0.4) is 0 Å². The van der Waals surface area contributed by atoms with Crippen LogP contribution in [0.5, 0.6) is 0 Å². The first-order chi connectivity index (χ1) is 12.9. The number of H-pyrrole nitrogens is 1. The second-order valence-corrected chi connectivity index (χ2v) is 5.62. The molecule has 9 heteroatoms. The smallest absolute Gasteiger partial charge is 0.272 e. The van der Waals surface area contributed by atoms with Gasteiger partial charge in [-0.3, -0.25) is 20.0 Å². The van der Waals surface area contributed by atoms with Crippen molar-refractivity contribution in [2.45, 2.75) is 6.92 Å². The number of hydrazone groups is 1. The van der Waals surface area contributed by atoms with Crippen LogP contribution in [0.4, 0.5) is 10.1 Å². The molecule has 0 radical (unpaired) electrons. The van der Waals surface area contributed by atoms with E-state index in [1.54, 1.807) is 31.2 Å². The number of nitro groups is 1. The minimum atomic E-state index is -0.503. The van der Waals surface area contributed by atoms with Crippen LogP contribution in [0, 0.1) is 15.9 Å². The highest BCUT2D eigenvalue weighted by Crippen LogP contribution is 2.18. The number of non-ortho nitro benzene ring substituents is 1. The van der Waals surface area contributed by atoms with Gasteiger partial charge in [0.1, 0.15) is 11.5 Å². The quantitative estimate of drug-likeness (QED) is 0.409. The first-order valence-electron chi connectivity index (χ1n) is 7.85. The van der Waals surface area contributed by atoms with Crippen LogP contribution in [-0.4, -0.2) is 26.7 Å². The molecule has 0 aliphatic carbocycles. The molecule has 0 aliphatic rings. The first-order valence-corrected chi connectivity index (χ1v) is 7.85. The van der Waals surface area contributed by atoms with Crippen LogP contribution >= 0.6 is 0 Å². The number of halogens is 1. The summed E-state index contributed by atoms with van der Waals surface area (Å²) in [5.41, 5.74) is 4.84. The molecule has 0 saturated heterocycles. The molecule has 0 aliphatic heterocycles. The van der Waals surface area contributed by atoms with Gasteiger partial charge in [-0.2, -0.15) is 10.2 Å². The summed E-state index contributed by atoms with van der Waals surface area (Å²) < 4.78 is 13.0. The SMILES string of the molecule is CC(=NNC(=O)c1cc(-c2ccc(F)cc2)n[nH]1)c1ccc([N+](=O)[O-])cc1. The predicted octanol–water partition coefficient (Wildman–Crippen LogP) is 3.28. The van der Waals surface area contributed by atoms with E-state index in [2.05, 4.69) is 20.7 Å². The number of aromatic nitrogens is 2. The van der Waals surface area contributed by atoms with Crippen LogP contribution in [0.2, 0.25) is 0 Å². The van der Waals surface area contributed by atoms with Gasteiger partial charge in [-0.25, -0.2) is 9.82 Å². The molecule has 2 N–H and O–H groups in total. The number of hydrogen-bond acceptors (Lipinski definition) is 5. The van der Waals surface area contributed by atoms with Gasteiger partial charge in [0.2, 0.25) is 0 Å². The lowest BCUT2D eigenvalue weighted by atomic mass is 10.1. The molecule has 0 fully saturated rings. The van der Waals surface area contributed by atoms with E-state index in [1.165, 1.54) is 30.3 Å². The zero-order valence-electron chi connectivity index (χ0n) is 14.1. The molecular formula is C18H14FN5O3. The van der Waals surface area contributed by atoms with Gasteiger partial charge in [0.15, 0.2) is 0 Å². The van der Waals surface area contributed by atoms with Crippen LogP contribution in [-0.2, 0) is 0 Å². The summed E-state index contributed by atoms with van der Waals surface area (Å²) in [6, 6.07) is 13.1. The van der Waals surface area contributed by atoms with E-state index in [0.29, 0.717) is 22.5 Å². The number of nitrogens with one attached hydrogen (secondary N) is 2. The van der Waals surface area contributed by atoms with Crippen LogP contribution in [0.1, 0.15) is 23.0 Å². The normalized spacial score (nSPS) is 11.3. The Hall–Kier alpha value is -3.88. The van der Waals surface area contributed by atoms with Crippen molar-refractivity contribution in [2.75, 3.05) is 0 Å². The Bertz CT molecular complexity index is 1010. The highest BCUT2D eigenvalue weighted by molar-refractivity contribution is 6.00. The average molecular weight is 367 g/mol. The van der Waals surface area contributed by atoms with E-state index >= 15 is 0 Å². The Labute approximate surface area is 152 Å². The lowest BCUT2D eigenvalue weighted by Gasteiger charge is -2.01. The van der Waals surface area contributed by atoms with Crippen LogP contribution in [0.25, 0.3) is 11.3 Å². The molecule has 1 heterocycles. The number of hydrogen-bond donors (Lipinski definition) is 2. The van der Waals surface area contributed by atoms with Gasteiger partial charge in [-0.1, -0.05) is 0 Å². The lowest BCUT2D eigenvalue weighted by Crippen LogP contribution is -2.19. The van der Waals surface area contributed by atoms with Crippen molar-refractivity contribution < 1.29 is 14.1 Å². The summed E-state index contributed by atoms with van der Waals surface area (Å²) in [4.78, 5) is 22.4. The summed E-state index contributed by atoms with van der Waals surface area (Å²) >= 11 is 0. The standard InChI is InChI=1S/C18H14FN5O3/c1-11(12-4-8-15(9-5-12)24(26)27)20-23-18(25)17-10-16(21-22-17)13-2-6-14(19)7-3-13/h2-10H,1H3,(H,21,22)(H,23,25). The largest absolute Gasteiger partial charge is 0.289 e. The molecule has 3 aromatic rings. The minimum absolute atomic E-state index is 0.0265. The number of benzene rings is 2. The molecule has 0 atom stereocenters. The van der Waals surface area contributed by atoms with Gasteiger partial charge in [-0.15, -0.1) is 0 Å². The molecule has 0 bridgehead atoms. The van der Waals surface area contributed by atoms with Gasteiger partial charge in [0.05, 0.1) is 16.3 Å². The van der Waals surface area contributed by atoms with Gasteiger partial charge < -0.3 is 0 Å². The predicted molar refractivity (Wildman–Crippen MR) is 96.8 cm³/mol. The number of nitrogens with zero attached hydrogens (tertiary/aromatic N) is 3. The van der Waals surface area contributed by atoms with Gasteiger partial charge in [0, 0.05) is 17.7 Å². The molecule has 0 unspecified atom stereocenters. The molecule has 0 spiro atoms. The molecule has 3 rings (SSSR count). The number of carbonyl (C=O) groups excluding carboxylic acids is 1. The van der Waals surface area contributed by atoms with Crippen molar-refractivity contribution in [1.82, 2.24) is 15.6 Å². The molecule has 1 amide bonds. The monoisotopic (exact) mass is 367 g/mol. The molecule has 27 heavy (non-hydrogen) atoms. The van der Waals surface area contributed by atoms with Crippen molar-refractivity contribution in [3.63, 3.8) is 0 Å². The number of amides is 1. The van der Waals surface area contributed by atoms with Crippen molar-refractivity contribution in [2.24, 2.45) is 5.10 Å². The first kappa shape index (κ1) is 17.9. The molecule has 2 aromatic carbocycles. The summed E-state index contributed by atoms with van der Waals surface area (Å²) in [6.45, 7) is 1.67. The maximum atomic E-state index is 13.0. The molecular weight excluding hydrogens is 353 g/mol. The maximum absolute atomic E-state index is 13.0. The zero-order chi connectivity index (χ0) is 19.4. The minimum Gasteiger partial charge on any atom is -0.272 e. The summed E-state index contributed by atoms with van der Waals surface area (Å²) in [6.07, 6.45) is 0. The number of carbonyl (C=O) groups is 1.